The van der Waals surface area contributed by atoms with Gasteiger partial charge in [0.25, 0.3) is 5.56 Å². The van der Waals surface area contributed by atoms with Gasteiger partial charge in [-0.15, -0.1) is 0 Å². The van der Waals surface area contributed by atoms with E-state index in [2.05, 4.69) is 47.0 Å². The number of nitrogens with zero attached hydrogens (tertiary/aromatic N) is 5. The van der Waals surface area contributed by atoms with E-state index < -0.39 is 6.04 Å². The number of methoxy groups -OCH3 is 1. The van der Waals surface area contributed by atoms with Gasteiger partial charge in [0, 0.05) is 15.6 Å². The molecular formula is C19H14BrN7O2. The minimum absolute atomic E-state index is 0.339. The number of nitrogens with one attached hydrogen (secondary N) is 2. The summed E-state index contributed by atoms with van der Waals surface area (Å²) < 4.78 is 7.87. The highest BCUT2D eigenvalue weighted by Gasteiger charge is 2.34. The summed E-state index contributed by atoms with van der Waals surface area (Å²) in [6.07, 6.45) is 0. The number of tetrazole rings is 1. The fourth-order valence-corrected chi connectivity index (χ4v) is 3.72. The molecule has 10 heteroatoms. The highest BCUT2D eigenvalue weighted by atomic mass is 79.9. The highest BCUT2D eigenvalue weighted by molar-refractivity contribution is 9.10. The van der Waals surface area contributed by atoms with Crippen LogP contribution in [0.2, 0.25) is 0 Å². The Morgan fingerprint density at radius 1 is 1.10 bits per heavy atom. The van der Waals surface area contributed by atoms with Crippen molar-refractivity contribution in [2.45, 2.75) is 6.04 Å². The lowest BCUT2D eigenvalue weighted by Gasteiger charge is -2.27. The molecule has 1 aliphatic heterocycles. The molecule has 2 N–H and O–H groups in total. The van der Waals surface area contributed by atoms with Gasteiger partial charge in [0.1, 0.15) is 17.5 Å². The van der Waals surface area contributed by atoms with Crippen LogP contribution in [-0.4, -0.2) is 37.5 Å². The van der Waals surface area contributed by atoms with Crippen LogP contribution in [0.4, 0.5) is 11.6 Å². The number of benzene rings is 2. The molecule has 0 bridgehead atoms. The number of halogens is 1. The molecule has 3 heterocycles. The zero-order chi connectivity index (χ0) is 20.0. The molecule has 144 valence electrons. The zero-order valence-corrected chi connectivity index (χ0v) is 16.7. The molecule has 29 heavy (non-hydrogen) atoms. The summed E-state index contributed by atoms with van der Waals surface area (Å²) in [5.41, 5.74) is 3.13. The first-order valence-corrected chi connectivity index (χ1v) is 9.52. The number of fused-ring (bicyclic) bond motifs is 2. The minimum Gasteiger partial charge on any atom is -0.497 e. The van der Waals surface area contributed by atoms with Gasteiger partial charge >= 0.3 is 0 Å². The Hall–Kier alpha value is -3.53. The van der Waals surface area contributed by atoms with Gasteiger partial charge in [-0.05, 0) is 40.3 Å². The van der Waals surface area contributed by atoms with Gasteiger partial charge in [-0.2, -0.15) is 9.78 Å². The Kier molecular flexibility index (Phi) is 4.13. The third-order valence-corrected chi connectivity index (χ3v) is 5.35. The van der Waals surface area contributed by atoms with Gasteiger partial charge in [0.15, 0.2) is 0 Å². The number of hydrogen-bond acceptors (Lipinski definition) is 7. The van der Waals surface area contributed by atoms with E-state index in [0.29, 0.717) is 22.9 Å². The quantitative estimate of drug-likeness (QED) is 0.433. The third kappa shape index (κ3) is 2.88. The van der Waals surface area contributed by atoms with Gasteiger partial charge in [-0.3, -0.25) is 4.79 Å². The van der Waals surface area contributed by atoms with Crippen molar-refractivity contribution < 1.29 is 4.74 Å². The van der Waals surface area contributed by atoms with Crippen LogP contribution < -0.4 is 15.6 Å². The smallest absolute Gasteiger partial charge is 0.288 e. The van der Waals surface area contributed by atoms with Crippen LogP contribution in [-0.2, 0) is 0 Å². The predicted molar refractivity (Wildman–Crippen MR) is 109 cm³/mol. The Balaban J connectivity index is 1.78. The summed E-state index contributed by atoms with van der Waals surface area (Å²) in [4.78, 5) is 12.6. The van der Waals surface area contributed by atoms with Crippen molar-refractivity contribution in [2.75, 3.05) is 12.4 Å². The summed E-state index contributed by atoms with van der Waals surface area (Å²) in [6, 6.07) is 14.9. The number of hydrogen-bond donors (Lipinski definition) is 2. The van der Waals surface area contributed by atoms with Crippen LogP contribution >= 0.6 is 15.9 Å². The van der Waals surface area contributed by atoms with Crippen molar-refractivity contribution in [3.63, 3.8) is 0 Å². The first-order valence-electron chi connectivity index (χ1n) is 8.73. The molecular weight excluding hydrogens is 438 g/mol. The van der Waals surface area contributed by atoms with E-state index in [0.717, 1.165) is 21.3 Å². The first-order chi connectivity index (χ1) is 14.2. The van der Waals surface area contributed by atoms with E-state index in [1.54, 1.807) is 11.8 Å². The monoisotopic (exact) mass is 451 g/mol. The maximum atomic E-state index is 12.6. The van der Waals surface area contributed by atoms with Crippen molar-refractivity contribution in [3.8, 4) is 17.0 Å². The lowest BCUT2D eigenvalue weighted by atomic mass is 9.92. The maximum absolute atomic E-state index is 12.6. The molecule has 9 nitrogen and oxygen atoms in total. The van der Waals surface area contributed by atoms with Gasteiger partial charge < -0.3 is 10.1 Å². The second-order valence-electron chi connectivity index (χ2n) is 6.44. The van der Waals surface area contributed by atoms with E-state index in [1.165, 1.54) is 0 Å². The van der Waals surface area contributed by atoms with Gasteiger partial charge in [-0.1, -0.05) is 45.3 Å². The van der Waals surface area contributed by atoms with Crippen LogP contribution in [0.5, 0.6) is 5.75 Å². The molecule has 0 saturated carbocycles. The largest absolute Gasteiger partial charge is 0.497 e. The second-order valence-corrected chi connectivity index (χ2v) is 7.36. The van der Waals surface area contributed by atoms with Crippen molar-refractivity contribution >= 4 is 27.6 Å². The van der Waals surface area contributed by atoms with Gasteiger partial charge in [0.2, 0.25) is 5.95 Å². The maximum Gasteiger partial charge on any atom is 0.288 e. The fourth-order valence-electron chi connectivity index (χ4n) is 3.46. The van der Waals surface area contributed by atoms with Crippen molar-refractivity contribution in [3.05, 3.63) is 74.5 Å². The molecule has 5 rings (SSSR count). The number of aromatic nitrogens is 6. The van der Waals surface area contributed by atoms with Crippen molar-refractivity contribution in [2.24, 2.45) is 0 Å². The normalized spacial score (nSPS) is 14.6. The number of aromatic amines is 1. The van der Waals surface area contributed by atoms with Crippen LogP contribution in [0.1, 0.15) is 17.2 Å². The van der Waals surface area contributed by atoms with Gasteiger partial charge in [-0.25, -0.2) is 5.10 Å². The standard InChI is InChI=1S/C19H14BrN7O2/c1-29-13-8-4-11(5-9-13)17-14-15(10-2-6-12(20)7-3-10)22-23-18(28)16(14)21-19-24-25-26-27(17)19/h2-9,17H,1H3,(H,23,28)(H,21,24,26). The molecule has 0 saturated heterocycles. The summed E-state index contributed by atoms with van der Waals surface area (Å²) in [5, 5.41) is 21.9. The highest BCUT2D eigenvalue weighted by Crippen LogP contribution is 2.41. The van der Waals surface area contributed by atoms with Crippen LogP contribution in [0, 0.1) is 0 Å². The number of ether oxygens (including phenoxy) is 1. The van der Waals surface area contributed by atoms with E-state index in [4.69, 9.17) is 4.74 Å². The number of H-pyrrole nitrogens is 1. The summed E-state index contributed by atoms with van der Waals surface area (Å²) in [5.74, 6) is 1.12. The molecule has 0 aliphatic carbocycles. The van der Waals surface area contributed by atoms with Crippen LogP contribution in [0.25, 0.3) is 11.3 Å². The Morgan fingerprint density at radius 3 is 2.59 bits per heavy atom. The minimum atomic E-state index is -0.435. The summed E-state index contributed by atoms with van der Waals surface area (Å²) in [7, 11) is 1.61. The van der Waals surface area contributed by atoms with Crippen LogP contribution in [0.15, 0.2) is 57.8 Å². The third-order valence-electron chi connectivity index (χ3n) is 4.82. The van der Waals surface area contributed by atoms with E-state index in [-0.39, 0.29) is 5.56 Å². The molecule has 2 aromatic heterocycles. The Labute approximate surface area is 172 Å². The molecule has 4 aromatic rings. The zero-order valence-electron chi connectivity index (χ0n) is 15.1. The van der Waals surface area contributed by atoms with Gasteiger partial charge in [0.05, 0.1) is 12.8 Å². The molecule has 1 unspecified atom stereocenters. The second kappa shape index (κ2) is 6.82. The predicted octanol–water partition coefficient (Wildman–Crippen LogP) is 2.89. The summed E-state index contributed by atoms with van der Waals surface area (Å²) >= 11 is 3.45. The molecule has 0 amide bonds. The molecule has 1 atom stereocenters. The van der Waals surface area contributed by atoms with Crippen molar-refractivity contribution in [1.82, 2.24) is 30.4 Å². The lowest BCUT2D eigenvalue weighted by Crippen LogP contribution is -2.29. The van der Waals surface area contributed by atoms with E-state index >= 15 is 0 Å². The average molecular weight is 452 g/mol. The molecule has 0 spiro atoms. The number of anilines is 2. The molecule has 0 radical (unpaired) electrons. The first kappa shape index (κ1) is 17.6. The lowest BCUT2D eigenvalue weighted by molar-refractivity contribution is 0.414. The SMILES string of the molecule is COc1ccc(C2c3c(-c4ccc(Br)cc4)n[nH]c(=O)c3Nc3nnnn32)cc1. The molecule has 0 fully saturated rings. The topological polar surface area (TPSA) is 111 Å². The number of rotatable bonds is 3. The molecule has 1 aliphatic rings. The van der Waals surface area contributed by atoms with Crippen molar-refractivity contribution in [1.29, 1.82) is 0 Å². The van der Waals surface area contributed by atoms with E-state index in [1.807, 2.05) is 48.5 Å². The molecule has 2 aromatic carbocycles. The Morgan fingerprint density at radius 2 is 1.86 bits per heavy atom. The average Bonchev–Trinajstić information content (AvgIpc) is 3.22. The summed E-state index contributed by atoms with van der Waals surface area (Å²) in [6.45, 7) is 0. The fraction of sp³-hybridized carbons (Fsp3) is 0.105. The van der Waals surface area contributed by atoms with E-state index in [9.17, 15) is 4.79 Å². The Bertz CT molecular complexity index is 1250. The van der Waals surface area contributed by atoms with Crippen LogP contribution in [0.3, 0.4) is 0 Å².